The molecule has 0 aromatic carbocycles. The molecule has 2 aromatic heterocycles. The molecule has 84 valence electrons. The minimum absolute atomic E-state index is 0.0906. The molecule has 2 heterocycles. The van der Waals surface area contributed by atoms with Crippen LogP contribution in [0.4, 0.5) is 0 Å². The number of carbonyl (C=O) groups excluding carboxylic acids is 1. The maximum Gasteiger partial charge on any atom is 0.255 e. The van der Waals surface area contributed by atoms with E-state index in [9.17, 15) is 4.79 Å². The number of carbonyl (C=O) groups is 1. The Morgan fingerprint density at radius 2 is 2.38 bits per heavy atom. The minimum Gasteiger partial charge on any atom is -0.350 e. The van der Waals surface area contributed by atoms with Crippen molar-refractivity contribution < 1.29 is 4.79 Å². The smallest absolute Gasteiger partial charge is 0.255 e. The van der Waals surface area contributed by atoms with Crippen molar-refractivity contribution >= 4 is 17.2 Å². The van der Waals surface area contributed by atoms with Crippen LogP contribution in [-0.4, -0.2) is 22.1 Å². The zero-order valence-corrected chi connectivity index (χ0v) is 9.97. The van der Waals surface area contributed by atoms with Crippen LogP contribution in [0.2, 0.25) is 0 Å². The highest BCUT2D eigenvalue weighted by atomic mass is 32.1. The molecule has 16 heavy (non-hydrogen) atoms. The maximum atomic E-state index is 11.9. The number of aromatic nitrogens is 2. The van der Waals surface area contributed by atoms with Gasteiger partial charge < -0.3 is 5.32 Å². The van der Waals surface area contributed by atoms with Gasteiger partial charge in [0.1, 0.15) is 0 Å². The molecule has 0 aliphatic rings. The third-order valence-electron chi connectivity index (χ3n) is 2.07. The molecule has 0 bridgehead atoms. The van der Waals surface area contributed by atoms with E-state index < -0.39 is 0 Å². The molecule has 5 heteroatoms. The minimum atomic E-state index is -0.0906. The molecule has 0 atom stereocenters. The van der Waals surface area contributed by atoms with Crippen molar-refractivity contribution in [1.82, 2.24) is 15.5 Å². The van der Waals surface area contributed by atoms with E-state index in [0.29, 0.717) is 5.56 Å². The number of hydrogen-bond acceptors (Lipinski definition) is 3. The van der Waals surface area contributed by atoms with Gasteiger partial charge in [-0.2, -0.15) is 5.10 Å². The van der Waals surface area contributed by atoms with Gasteiger partial charge in [-0.25, -0.2) is 0 Å². The van der Waals surface area contributed by atoms with Gasteiger partial charge in [0.2, 0.25) is 0 Å². The van der Waals surface area contributed by atoms with Gasteiger partial charge in [-0.15, -0.1) is 11.3 Å². The van der Waals surface area contributed by atoms with Crippen LogP contribution < -0.4 is 5.32 Å². The molecule has 0 fully saturated rings. The summed E-state index contributed by atoms with van der Waals surface area (Å²) in [6, 6.07) is 4.04. The summed E-state index contributed by atoms with van der Waals surface area (Å²) >= 11 is 1.58. The molecule has 0 aliphatic heterocycles. The molecule has 0 unspecified atom stereocenters. The van der Waals surface area contributed by atoms with Gasteiger partial charge in [-0.3, -0.25) is 9.89 Å². The first-order valence-electron chi connectivity index (χ1n) is 5.06. The Hall–Kier alpha value is -1.62. The topological polar surface area (TPSA) is 57.8 Å². The SMILES string of the molecule is CC(C)NC(=O)c1cn[nH]c1-c1cccs1. The lowest BCUT2D eigenvalue weighted by molar-refractivity contribution is 0.0944. The number of aromatic amines is 1. The van der Waals surface area contributed by atoms with Crippen LogP contribution in [0.15, 0.2) is 23.7 Å². The number of amides is 1. The predicted molar refractivity (Wildman–Crippen MR) is 64.5 cm³/mol. The summed E-state index contributed by atoms with van der Waals surface area (Å²) in [5.74, 6) is -0.0906. The molecule has 0 spiro atoms. The monoisotopic (exact) mass is 235 g/mol. The van der Waals surface area contributed by atoms with E-state index in [1.54, 1.807) is 17.5 Å². The van der Waals surface area contributed by atoms with E-state index in [-0.39, 0.29) is 11.9 Å². The van der Waals surface area contributed by atoms with Crippen LogP contribution in [0, 0.1) is 0 Å². The molecular weight excluding hydrogens is 222 g/mol. The van der Waals surface area contributed by atoms with Crippen molar-refractivity contribution in [3.05, 3.63) is 29.3 Å². The lowest BCUT2D eigenvalue weighted by Gasteiger charge is -2.07. The van der Waals surface area contributed by atoms with Crippen LogP contribution >= 0.6 is 11.3 Å². The van der Waals surface area contributed by atoms with Gasteiger partial charge in [-0.1, -0.05) is 6.07 Å². The first-order chi connectivity index (χ1) is 7.68. The Labute approximate surface area is 97.7 Å². The molecule has 0 saturated carbocycles. The fourth-order valence-corrected chi connectivity index (χ4v) is 2.14. The quantitative estimate of drug-likeness (QED) is 0.857. The summed E-state index contributed by atoms with van der Waals surface area (Å²) in [5.41, 5.74) is 1.38. The first-order valence-corrected chi connectivity index (χ1v) is 5.94. The largest absolute Gasteiger partial charge is 0.350 e. The summed E-state index contributed by atoms with van der Waals surface area (Å²) in [6.45, 7) is 3.87. The zero-order chi connectivity index (χ0) is 11.5. The Morgan fingerprint density at radius 1 is 1.56 bits per heavy atom. The van der Waals surface area contributed by atoms with E-state index in [2.05, 4.69) is 15.5 Å². The van der Waals surface area contributed by atoms with E-state index in [1.165, 1.54) is 0 Å². The highest BCUT2D eigenvalue weighted by Crippen LogP contribution is 2.25. The third kappa shape index (κ3) is 2.14. The van der Waals surface area contributed by atoms with E-state index >= 15 is 0 Å². The van der Waals surface area contributed by atoms with Crippen molar-refractivity contribution in [1.29, 1.82) is 0 Å². The van der Waals surface area contributed by atoms with Gasteiger partial charge in [0.15, 0.2) is 0 Å². The Kier molecular flexibility index (Phi) is 3.05. The first kappa shape index (κ1) is 10.9. The number of nitrogens with zero attached hydrogens (tertiary/aromatic N) is 1. The van der Waals surface area contributed by atoms with Gasteiger partial charge in [0, 0.05) is 6.04 Å². The average Bonchev–Trinajstić information content (AvgIpc) is 2.87. The van der Waals surface area contributed by atoms with Crippen LogP contribution in [0.3, 0.4) is 0 Å². The summed E-state index contributed by atoms with van der Waals surface area (Å²) in [6.07, 6.45) is 1.56. The standard InChI is InChI=1S/C11H13N3OS/c1-7(2)13-11(15)8-6-12-14-10(8)9-4-3-5-16-9/h3-7H,1-2H3,(H,12,14)(H,13,15). The highest BCUT2D eigenvalue weighted by molar-refractivity contribution is 7.13. The average molecular weight is 235 g/mol. The van der Waals surface area contributed by atoms with E-state index in [0.717, 1.165) is 10.6 Å². The van der Waals surface area contributed by atoms with Gasteiger partial charge in [-0.05, 0) is 25.3 Å². The van der Waals surface area contributed by atoms with Crippen molar-refractivity contribution in [3.63, 3.8) is 0 Å². The van der Waals surface area contributed by atoms with Crippen LogP contribution in [0.5, 0.6) is 0 Å². The predicted octanol–water partition coefficient (Wildman–Crippen LogP) is 2.28. The molecule has 2 N–H and O–H groups in total. The molecule has 2 rings (SSSR count). The number of thiophene rings is 1. The fourth-order valence-electron chi connectivity index (χ4n) is 1.41. The van der Waals surface area contributed by atoms with Crippen LogP contribution in [0.1, 0.15) is 24.2 Å². The summed E-state index contributed by atoms with van der Waals surface area (Å²) < 4.78 is 0. The zero-order valence-electron chi connectivity index (χ0n) is 9.15. The van der Waals surface area contributed by atoms with Gasteiger partial charge >= 0.3 is 0 Å². The number of H-pyrrole nitrogens is 1. The normalized spacial score (nSPS) is 10.7. The van der Waals surface area contributed by atoms with Crippen molar-refractivity contribution in [2.75, 3.05) is 0 Å². The van der Waals surface area contributed by atoms with Gasteiger partial charge in [0.25, 0.3) is 5.91 Å². The molecule has 0 aliphatic carbocycles. The number of hydrogen-bond donors (Lipinski definition) is 2. The number of rotatable bonds is 3. The van der Waals surface area contributed by atoms with Crippen molar-refractivity contribution in [3.8, 4) is 10.6 Å². The van der Waals surface area contributed by atoms with Crippen LogP contribution in [-0.2, 0) is 0 Å². The van der Waals surface area contributed by atoms with Crippen molar-refractivity contribution in [2.24, 2.45) is 0 Å². The fraction of sp³-hybridized carbons (Fsp3) is 0.273. The Morgan fingerprint density at radius 3 is 3.00 bits per heavy atom. The van der Waals surface area contributed by atoms with E-state index in [1.807, 2.05) is 31.4 Å². The molecule has 4 nitrogen and oxygen atoms in total. The molecule has 2 aromatic rings. The Balaban J connectivity index is 2.29. The summed E-state index contributed by atoms with van der Waals surface area (Å²) in [5, 5.41) is 11.6. The molecular formula is C11H13N3OS. The molecule has 0 radical (unpaired) electrons. The second-order valence-corrected chi connectivity index (χ2v) is 4.71. The summed E-state index contributed by atoms with van der Waals surface area (Å²) in [7, 11) is 0. The van der Waals surface area contributed by atoms with E-state index in [4.69, 9.17) is 0 Å². The maximum absolute atomic E-state index is 11.9. The lowest BCUT2D eigenvalue weighted by atomic mass is 10.2. The third-order valence-corrected chi connectivity index (χ3v) is 2.96. The molecule has 0 saturated heterocycles. The lowest BCUT2D eigenvalue weighted by Crippen LogP contribution is -2.30. The Bertz CT molecular complexity index is 473. The van der Waals surface area contributed by atoms with Crippen molar-refractivity contribution in [2.45, 2.75) is 19.9 Å². The van der Waals surface area contributed by atoms with Crippen LogP contribution in [0.25, 0.3) is 10.6 Å². The second-order valence-electron chi connectivity index (χ2n) is 3.76. The second kappa shape index (κ2) is 4.49. The molecule has 1 amide bonds. The number of nitrogens with one attached hydrogen (secondary N) is 2. The van der Waals surface area contributed by atoms with Gasteiger partial charge in [0.05, 0.1) is 22.3 Å². The summed E-state index contributed by atoms with van der Waals surface area (Å²) in [4.78, 5) is 12.9. The highest BCUT2D eigenvalue weighted by Gasteiger charge is 2.16.